The van der Waals surface area contributed by atoms with Crippen LogP contribution in [0.25, 0.3) is 20.7 Å². The van der Waals surface area contributed by atoms with Crippen molar-refractivity contribution in [3.8, 4) is 10.4 Å². The van der Waals surface area contributed by atoms with Crippen LogP contribution in [-0.2, 0) is 0 Å². The first-order valence-electron chi connectivity index (χ1n) is 8.52. The van der Waals surface area contributed by atoms with Crippen molar-refractivity contribution in [2.75, 3.05) is 11.9 Å². The van der Waals surface area contributed by atoms with Gasteiger partial charge < -0.3 is 5.32 Å². The molecule has 126 valence electrons. The number of hydrogen-bond acceptors (Lipinski definition) is 4. The minimum absolute atomic E-state index is 0.0700. The van der Waals surface area contributed by atoms with Gasteiger partial charge in [0.25, 0.3) is 5.56 Å². The Bertz CT molecular complexity index is 864. The molecule has 3 rings (SSSR count). The molecule has 24 heavy (non-hydrogen) atoms. The molecular formula is C19H23N3OS. The maximum Gasteiger partial charge on any atom is 0.270 e. The van der Waals surface area contributed by atoms with Crippen LogP contribution in [0.4, 0.5) is 5.95 Å². The highest BCUT2D eigenvalue weighted by atomic mass is 32.1. The topological polar surface area (TPSA) is 57.8 Å². The number of benzene rings is 1. The van der Waals surface area contributed by atoms with Crippen molar-refractivity contribution in [1.82, 2.24) is 9.97 Å². The van der Waals surface area contributed by atoms with E-state index in [9.17, 15) is 4.79 Å². The molecule has 2 N–H and O–H groups in total. The lowest BCUT2D eigenvalue weighted by molar-refractivity contribution is 0.683. The first kappa shape index (κ1) is 16.7. The van der Waals surface area contributed by atoms with E-state index >= 15 is 0 Å². The maximum absolute atomic E-state index is 12.3. The number of nitrogens with one attached hydrogen (secondary N) is 2. The van der Waals surface area contributed by atoms with Gasteiger partial charge in [0, 0.05) is 11.4 Å². The molecule has 0 aliphatic heterocycles. The van der Waals surface area contributed by atoms with Gasteiger partial charge in [-0.1, -0.05) is 56.0 Å². The average Bonchev–Trinajstić information content (AvgIpc) is 3.00. The standard InChI is InChI=1S/C19H23N3OS/c1-3-4-5-6-11-20-19-21-15-12-16(24-17(15)18(23)22-19)14-9-7-13(2)8-10-14/h7-10,12H,3-6,11H2,1-2H3,(H2,20,21,22,23). The maximum atomic E-state index is 12.3. The number of fused-ring (bicyclic) bond motifs is 1. The van der Waals surface area contributed by atoms with Crippen LogP contribution in [0.15, 0.2) is 35.1 Å². The second kappa shape index (κ2) is 7.62. The van der Waals surface area contributed by atoms with Gasteiger partial charge in [-0.05, 0) is 25.0 Å². The van der Waals surface area contributed by atoms with Gasteiger partial charge in [0.15, 0.2) is 0 Å². The van der Waals surface area contributed by atoms with Crippen LogP contribution in [0.2, 0.25) is 0 Å². The highest BCUT2D eigenvalue weighted by Crippen LogP contribution is 2.31. The van der Waals surface area contributed by atoms with Gasteiger partial charge in [-0.25, -0.2) is 4.98 Å². The van der Waals surface area contributed by atoms with E-state index in [0.29, 0.717) is 10.6 Å². The summed E-state index contributed by atoms with van der Waals surface area (Å²) in [7, 11) is 0. The summed E-state index contributed by atoms with van der Waals surface area (Å²) in [5.74, 6) is 0.567. The summed E-state index contributed by atoms with van der Waals surface area (Å²) in [6.45, 7) is 5.10. The third kappa shape index (κ3) is 3.85. The van der Waals surface area contributed by atoms with Gasteiger partial charge in [0.1, 0.15) is 4.70 Å². The number of aryl methyl sites for hydroxylation is 1. The molecule has 4 nitrogen and oxygen atoms in total. The number of rotatable bonds is 7. The normalized spacial score (nSPS) is 11.1. The number of aromatic nitrogens is 2. The third-order valence-corrected chi connectivity index (χ3v) is 5.21. The molecule has 0 bridgehead atoms. The van der Waals surface area contributed by atoms with E-state index in [-0.39, 0.29) is 5.56 Å². The average molecular weight is 341 g/mol. The number of unbranched alkanes of at least 4 members (excludes halogenated alkanes) is 3. The summed E-state index contributed by atoms with van der Waals surface area (Å²) in [6.07, 6.45) is 4.76. The van der Waals surface area contributed by atoms with E-state index in [2.05, 4.69) is 53.4 Å². The number of anilines is 1. The molecule has 2 heterocycles. The molecule has 0 fully saturated rings. The zero-order chi connectivity index (χ0) is 16.9. The van der Waals surface area contributed by atoms with E-state index in [1.807, 2.05) is 6.07 Å². The lowest BCUT2D eigenvalue weighted by atomic mass is 10.1. The van der Waals surface area contributed by atoms with Gasteiger partial charge in [-0.3, -0.25) is 9.78 Å². The number of thiophene rings is 1. The van der Waals surface area contributed by atoms with Crippen LogP contribution in [0.3, 0.4) is 0 Å². The van der Waals surface area contributed by atoms with E-state index in [0.717, 1.165) is 28.9 Å². The van der Waals surface area contributed by atoms with E-state index in [1.165, 1.54) is 36.2 Å². The minimum Gasteiger partial charge on any atom is -0.356 e. The lowest BCUT2D eigenvalue weighted by Gasteiger charge is -2.04. The predicted molar refractivity (Wildman–Crippen MR) is 103 cm³/mol. The second-order valence-corrected chi connectivity index (χ2v) is 7.15. The Hall–Kier alpha value is -2.14. The van der Waals surface area contributed by atoms with Crippen molar-refractivity contribution in [3.63, 3.8) is 0 Å². The van der Waals surface area contributed by atoms with Crippen molar-refractivity contribution in [2.24, 2.45) is 0 Å². The molecule has 0 amide bonds. The van der Waals surface area contributed by atoms with Gasteiger partial charge in [0.2, 0.25) is 5.95 Å². The first-order chi connectivity index (χ1) is 11.7. The van der Waals surface area contributed by atoms with Crippen molar-refractivity contribution in [3.05, 3.63) is 46.2 Å². The minimum atomic E-state index is -0.0700. The van der Waals surface area contributed by atoms with Crippen LogP contribution in [-0.4, -0.2) is 16.5 Å². The molecule has 0 aliphatic rings. The Morgan fingerprint density at radius 2 is 1.96 bits per heavy atom. The van der Waals surface area contributed by atoms with Crippen LogP contribution >= 0.6 is 11.3 Å². The van der Waals surface area contributed by atoms with E-state index < -0.39 is 0 Å². The largest absolute Gasteiger partial charge is 0.356 e. The number of H-pyrrole nitrogens is 1. The van der Waals surface area contributed by atoms with Crippen LogP contribution in [0, 0.1) is 6.92 Å². The fraction of sp³-hybridized carbons (Fsp3) is 0.368. The van der Waals surface area contributed by atoms with E-state index in [1.54, 1.807) is 0 Å². The molecule has 0 radical (unpaired) electrons. The molecule has 0 unspecified atom stereocenters. The van der Waals surface area contributed by atoms with Crippen LogP contribution in [0.1, 0.15) is 38.2 Å². The molecule has 5 heteroatoms. The first-order valence-corrected chi connectivity index (χ1v) is 9.34. The smallest absolute Gasteiger partial charge is 0.270 e. The quantitative estimate of drug-likeness (QED) is 0.598. The summed E-state index contributed by atoms with van der Waals surface area (Å²) in [4.78, 5) is 20.8. The van der Waals surface area contributed by atoms with Crippen LogP contribution in [0.5, 0.6) is 0 Å². The lowest BCUT2D eigenvalue weighted by Crippen LogP contribution is -2.12. The van der Waals surface area contributed by atoms with Gasteiger partial charge in [-0.2, -0.15) is 0 Å². The van der Waals surface area contributed by atoms with Gasteiger partial charge >= 0.3 is 0 Å². The van der Waals surface area contributed by atoms with Crippen molar-refractivity contribution in [2.45, 2.75) is 39.5 Å². The Morgan fingerprint density at radius 1 is 1.17 bits per heavy atom. The van der Waals surface area contributed by atoms with Crippen molar-refractivity contribution < 1.29 is 0 Å². The summed E-state index contributed by atoms with van der Waals surface area (Å²) in [5, 5.41) is 3.23. The Balaban J connectivity index is 1.80. The highest BCUT2D eigenvalue weighted by molar-refractivity contribution is 7.22. The predicted octanol–water partition coefficient (Wildman–Crippen LogP) is 4.95. The molecule has 0 spiro atoms. The Morgan fingerprint density at radius 3 is 2.71 bits per heavy atom. The molecule has 0 aliphatic carbocycles. The number of hydrogen-bond donors (Lipinski definition) is 2. The fourth-order valence-corrected chi connectivity index (χ4v) is 3.64. The molecule has 2 aromatic heterocycles. The Kier molecular flexibility index (Phi) is 5.30. The summed E-state index contributed by atoms with van der Waals surface area (Å²) in [6, 6.07) is 10.3. The number of aromatic amines is 1. The number of nitrogens with zero attached hydrogens (tertiary/aromatic N) is 1. The van der Waals surface area contributed by atoms with Crippen LogP contribution < -0.4 is 10.9 Å². The van der Waals surface area contributed by atoms with Gasteiger partial charge in [0.05, 0.1) is 5.52 Å². The highest BCUT2D eigenvalue weighted by Gasteiger charge is 2.10. The zero-order valence-electron chi connectivity index (χ0n) is 14.2. The molecule has 0 saturated carbocycles. The van der Waals surface area contributed by atoms with Crippen molar-refractivity contribution in [1.29, 1.82) is 0 Å². The monoisotopic (exact) mass is 341 g/mol. The molecule has 0 saturated heterocycles. The zero-order valence-corrected chi connectivity index (χ0v) is 15.0. The SMILES string of the molecule is CCCCCCNc1nc2cc(-c3ccc(C)cc3)sc2c(=O)[nH]1. The summed E-state index contributed by atoms with van der Waals surface area (Å²) < 4.78 is 0.683. The summed E-state index contributed by atoms with van der Waals surface area (Å²) >= 11 is 1.49. The Labute approximate surface area is 146 Å². The third-order valence-electron chi connectivity index (χ3n) is 4.04. The molecule has 0 atom stereocenters. The second-order valence-electron chi connectivity index (χ2n) is 6.09. The van der Waals surface area contributed by atoms with Gasteiger partial charge in [-0.15, -0.1) is 11.3 Å². The van der Waals surface area contributed by atoms with Crippen molar-refractivity contribution >= 4 is 27.5 Å². The summed E-state index contributed by atoms with van der Waals surface area (Å²) in [5.41, 5.74) is 3.04. The molecule has 3 aromatic rings. The molecular weight excluding hydrogens is 318 g/mol. The molecule has 1 aromatic carbocycles. The fourth-order valence-electron chi connectivity index (χ4n) is 2.64. The van der Waals surface area contributed by atoms with E-state index in [4.69, 9.17) is 0 Å².